The molecular weight excluding hydrogens is 491 g/mol. The molecule has 4 aromatic rings. The first-order valence-corrected chi connectivity index (χ1v) is 13.7. The number of carbonyl (C=O) groups is 1. The molecule has 1 N–H and O–H groups in total. The molecule has 1 aromatic carbocycles. The lowest BCUT2D eigenvalue weighted by Gasteiger charge is -2.35. The van der Waals surface area contributed by atoms with E-state index in [1.165, 1.54) is 4.88 Å². The van der Waals surface area contributed by atoms with Gasteiger partial charge >= 0.3 is 0 Å². The van der Waals surface area contributed by atoms with E-state index in [1.807, 2.05) is 36.2 Å². The highest BCUT2D eigenvalue weighted by Gasteiger charge is 2.30. The molecule has 1 aliphatic rings. The molecule has 0 radical (unpaired) electrons. The molecule has 0 atom stereocenters. The van der Waals surface area contributed by atoms with Gasteiger partial charge in [-0.3, -0.25) is 8.77 Å². The number of nitrogens with one attached hydrogen (secondary N) is 1. The minimum Gasteiger partial charge on any atom is -0.382 e. The molecule has 0 unspecified atom stereocenters. The van der Waals surface area contributed by atoms with Crippen LogP contribution in [0.3, 0.4) is 0 Å². The van der Waals surface area contributed by atoms with Crippen LogP contribution >= 0.6 is 24.2 Å². The molecule has 5 rings (SSSR count). The second-order valence-corrected chi connectivity index (χ2v) is 12.2. The number of aryl methyl sites for hydroxylation is 2. The molecule has 1 amide bonds. The van der Waals surface area contributed by atoms with Gasteiger partial charge in [0.1, 0.15) is 11.4 Å². The van der Waals surface area contributed by atoms with Crippen LogP contribution in [-0.2, 0) is 5.67 Å². The van der Waals surface area contributed by atoms with Crippen molar-refractivity contribution in [2.24, 2.45) is 0 Å². The van der Waals surface area contributed by atoms with Crippen LogP contribution in [0.1, 0.15) is 66.2 Å². The van der Waals surface area contributed by atoms with Gasteiger partial charge in [0, 0.05) is 35.1 Å². The van der Waals surface area contributed by atoms with Gasteiger partial charge in [0.25, 0.3) is 5.91 Å². The number of anilines is 1. The Morgan fingerprint density at radius 3 is 2.56 bits per heavy atom. The highest BCUT2D eigenvalue weighted by molar-refractivity contribution is 7.78. The number of thiol groups is 1. The number of halogens is 1. The smallest absolute Gasteiger partial charge is 0.271 e. The third-order valence-electron chi connectivity index (χ3n) is 7.30. The fourth-order valence-electron chi connectivity index (χ4n) is 5.19. The van der Waals surface area contributed by atoms with Gasteiger partial charge in [-0.05, 0) is 83.7 Å². The van der Waals surface area contributed by atoms with Crippen molar-refractivity contribution in [3.05, 3.63) is 58.2 Å². The predicted octanol–water partition coefficient (Wildman–Crippen LogP) is 7.26. The highest BCUT2D eigenvalue weighted by atomic mass is 32.1. The van der Waals surface area contributed by atoms with Crippen molar-refractivity contribution < 1.29 is 9.18 Å². The molecule has 0 saturated heterocycles. The SMILES string of the molecule is Cc1ccc2nc(C(C)(C)F)cc(NC3CCC(N(C)C(=O)c4cc5sc(C)cc5n4S)CC3)c2c1. The van der Waals surface area contributed by atoms with E-state index in [0.29, 0.717) is 11.4 Å². The summed E-state index contributed by atoms with van der Waals surface area (Å²) in [6, 6.07) is 12.4. The van der Waals surface area contributed by atoms with Crippen LogP contribution in [0.4, 0.5) is 10.1 Å². The normalized spacial score (nSPS) is 18.6. The molecule has 0 aliphatic heterocycles. The van der Waals surface area contributed by atoms with E-state index < -0.39 is 5.67 Å². The average Bonchev–Trinajstić information content (AvgIpc) is 3.34. The lowest BCUT2D eigenvalue weighted by molar-refractivity contribution is 0.0686. The number of hydrogen-bond donors (Lipinski definition) is 2. The molecule has 0 spiro atoms. The number of thiophene rings is 1. The van der Waals surface area contributed by atoms with Crippen molar-refractivity contribution in [1.82, 2.24) is 13.9 Å². The van der Waals surface area contributed by atoms with Crippen molar-refractivity contribution in [2.75, 3.05) is 12.4 Å². The Labute approximate surface area is 221 Å². The van der Waals surface area contributed by atoms with E-state index in [4.69, 9.17) is 0 Å². The van der Waals surface area contributed by atoms with E-state index in [-0.39, 0.29) is 18.0 Å². The first kappa shape index (κ1) is 25.1. The molecule has 1 saturated carbocycles. The highest BCUT2D eigenvalue weighted by Crippen LogP contribution is 2.34. The maximum Gasteiger partial charge on any atom is 0.271 e. The molecule has 0 bridgehead atoms. The first-order chi connectivity index (χ1) is 17.0. The number of aromatic nitrogens is 2. The number of amides is 1. The topological polar surface area (TPSA) is 50.2 Å². The molecule has 36 heavy (non-hydrogen) atoms. The Kier molecular flexibility index (Phi) is 6.53. The number of fused-ring (bicyclic) bond motifs is 2. The number of nitrogens with zero attached hydrogens (tertiary/aromatic N) is 3. The zero-order chi connectivity index (χ0) is 25.8. The Morgan fingerprint density at radius 2 is 1.89 bits per heavy atom. The monoisotopic (exact) mass is 524 g/mol. The van der Waals surface area contributed by atoms with Crippen LogP contribution < -0.4 is 5.32 Å². The molecule has 3 aromatic heterocycles. The van der Waals surface area contributed by atoms with E-state index in [2.05, 4.69) is 49.1 Å². The summed E-state index contributed by atoms with van der Waals surface area (Å²) in [4.78, 5) is 21.0. The molecule has 190 valence electrons. The van der Waals surface area contributed by atoms with Crippen molar-refractivity contribution in [2.45, 2.75) is 71.1 Å². The summed E-state index contributed by atoms with van der Waals surface area (Å²) in [5.74, 6) is 0.00730. The maximum atomic E-state index is 14.8. The van der Waals surface area contributed by atoms with Crippen LogP contribution in [0.15, 0.2) is 36.4 Å². The van der Waals surface area contributed by atoms with Gasteiger partial charge < -0.3 is 10.2 Å². The van der Waals surface area contributed by atoms with Crippen LogP contribution in [0.5, 0.6) is 0 Å². The van der Waals surface area contributed by atoms with Gasteiger partial charge in [-0.2, -0.15) is 0 Å². The Morgan fingerprint density at radius 1 is 1.17 bits per heavy atom. The summed E-state index contributed by atoms with van der Waals surface area (Å²) in [5.41, 5.74) is 3.39. The lowest BCUT2D eigenvalue weighted by atomic mass is 9.89. The lowest BCUT2D eigenvalue weighted by Crippen LogP contribution is -2.42. The number of pyridine rings is 1. The third-order valence-corrected chi connectivity index (χ3v) is 8.72. The summed E-state index contributed by atoms with van der Waals surface area (Å²) in [5, 5.41) is 4.70. The van der Waals surface area contributed by atoms with Crippen LogP contribution in [0, 0.1) is 13.8 Å². The second kappa shape index (κ2) is 9.38. The molecular formula is C28H33FN4OS2. The largest absolute Gasteiger partial charge is 0.382 e. The standard InChI is InChI=1S/C28H33FN4OS2/c1-16-6-11-21-20(12-16)22(14-26(31-21)28(3,4)29)30-18-7-9-19(10-8-18)32(5)27(34)24-15-25-23(33(24)35)13-17(2)36-25/h6,11-15,18-19,35H,7-10H2,1-5H3,(H,30,31). The number of alkyl halides is 1. The quantitative estimate of drug-likeness (QED) is 0.270. The number of hydrogen-bond acceptors (Lipinski definition) is 5. The molecule has 8 heteroatoms. The Bertz CT molecular complexity index is 1440. The van der Waals surface area contributed by atoms with Crippen molar-refractivity contribution in [1.29, 1.82) is 0 Å². The minimum atomic E-state index is -1.52. The summed E-state index contributed by atoms with van der Waals surface area (Å²) in [6.45, 7) is 7.21. The number of rotatable bonds is 5. The molecule has 3 heterocycles. The minimum absolute atomic E-state index is 0.00730. The van der Waals surface area contributed by atoms with Crippen LogP contribution in [0.2, 0.25) is 0 Å². The fraction of sp³-hybridized carbons (Fsp3) is 0.429. The molecule has 5 nitrogen and oxygen atoms in total. The van der Waals surface area contributed by atoms with Crippen LogP contribution in [-0.4, -0.2) is 38.9 Å². The first-order valence-electron chi connectivity index (χ1n) is 12.5. The zero-order valence-corrected chi connectivity index (χ0v) is 23.1. The number of benzene rings is 1. The second-order valence-electron chi connectivity index (χ2n) is 10.6. The average molecular weight is 525 g/mol. The third kappa shape index (κ3) is 4.73. The zero-order valence-electron chi connectivity index (χ0n) is 21.4. The van der Waals surface area contributed by atoms with Crippen molar-refractivity contribution in [3.63, 3.8) is 0 Å². The van der Waals surface area contributed by atoms with E-state index in [9.17, 15) is 9.18 Å². The van der Waals surface area contributed by atoms with Gasteiger partial charge in [0.15, 0.2) is 0 Å². The summed E-state index contributed by atoms with van der Waals surface area (Å²) in [7, 11) is 1.90. The maximum absolute atomic E-state index is 14.8. The predicted molar refractivity (Wildman–Crippen MR) is 151 cm³/mol. The van der Waals surface area contributed by atoms with Gasteiger partial charge in [0.05, 0.1) is 21.4 Å². The number of carbonyl (C=O) groups excluding carboxylic acids is 1. The van der Waals surface area contributed by atoms with Crippen LogP contribution in [0.25, 0.3) is 21.1 Å². The van der Waals surface area contributed by atoms with Crippen molar-refractivity contribution in [3.8, 4) is 0 Å². The Balaban J connectivity index is 1.30. The van der Waals surface area contributed by atoms with Gasteiger partial charge in [-0.15, -0.1) is 11.3 Å². The van der Waals surface area contributed by atoms with Gasteiger partial charge in [-0.1, -0.05) is 24.4 Å². The molecule has 1 fully saturated rings. The van der Waals surface area contributed by atoms with E-state index >= 15 is 0 Å². The van der Waals surface area contributed by atoms with Gasteiger partial charge in [-0.25, -0.2) is 9.37 Å². The Hall–Kier alpha value is -2.58. The summed E-state index contributed by atoms with van der Waals surface area (Å²) < 4.78 is 17.6. The van der Waals surface area contributed by atoms with E-state index in [1.54, 1.807) is 29.2 Å². The van der Waals surface area contributed by atoms with Gasteiger partial charge in [0.2, 0.25) is 0 Å². The molecule has 1 aliphatic carbocycles. The van der Waals surface area contributed by atoms with Crippen molar-refractivity contribution >= 4 is 56.9 Å². The summed E-state index contributed by atoms with van der Waals surface area (Å²) in [6.07, 6.45) is 3.68. The fourth-order valence-corrected chi connectivity index (χ4v) is 6.51. The van der Waals surface area contributed by atoms with E-state index in [0.717, 1.165) is 58.1 Å². The summed E-state index contributed by atoms with van der Waals surface area (Å²) >= 11 is 6.28.